The number of aromatic nitrogens is 1. The number of nitrogens with zero attached hydrogens (tertiary/aromatic N) is 2. The van der Waals surface area contributed by atoms with Gasteiger partial charge < -0.3 is 30.1 Å². The van der Waals surface area contributed by atoms with Crippen molar-refractivity contribution in [2.45, 2.75) is 101 Å². The van der Waals surface area contributed by atoms with Crippen molar-refractivity contribution in [1.82, 2.24) is 25.2 Å². The summed E-state index contributed by atoms with van der Waals surface area (Å²) < 4.78 is 39.8. The van der Waals surface area contributed by atoms with Gasteiger partial charge in [-0.15, -0.1) is 0 Å². The molecule has 7 atom stereocenters. The lowest BCUT2D eigenvalue weighted by Crippen LogP contribution is -2.59. The van der Waals surface area contributed by atoms with Crippen LogP contribution in [-0.4, -0.2) is 89.4 Å². The van der Waals surface area contributed by atoms with Gasteiger partial charge in [0.1, 0.15) is 29.5 Å². The Balaban J connectivity index is 1.34. The van der Waals surface area contributed by atoms with E-state index < -0.39 is 68.7 Å². The van der Waals surface area contributed by atoms with Crippen molar-refractivity contribution in [1.29, 1.82) is 0 Å². The van der Waals surface area contributed by atoms with Crippen LogP contribution < -0.4 is 24.8 Å². The van der Waals surface area contributed by atoms with E-state index in [0.29, 0.717) is 55.7 Å². The molecule has 4 N–H and O–H groups in total. The molecule has 1 aromatic carbocycles. The number of rotatable bonds is 9. The van der Waals surface area contributed by atoms with Gasteiger partial charge in [0, 0.05) is 23.9 Å². The Morgan fingerprint density at radius 3 is 2.63 bits per heavy atom. The van der Waals surface area contributed by atoms with Gasteiger partial charge >= 0.3 is 6.09 Å². The Kier molecular flexibility index (Phi) is 10.5. The highest BCUT2D eigenvalue weighted by Gasteiger charge is 2.62. The molecule has 2 aliphatic carbocycles. The Morgan fingerprint density at radius 2 is 1.92 bits per heavy atom. The lowest BCUT2D eigenvalue weighted by Gasteiger charge is -2.33. The highest BCUT2D eigenvalue weighted by Crippen LogP contribution is 2.46. The van der Waals surface area contributed by atoms with Gasteiger partial charge in [-0.25, -0.2) is 18.2 Å². The summed E-state index contributed by atoms with van der Waals surface area (Å²) in [5.41, 5.74) is -1.52. The van der Waals surface area contributed by atoms with Crippen molar-refractivity contribution in [3.05, 3.63) is 42.6 Å². The van der Waals surface area contributed by atoms with Gasteiger partial charge in [-0.1, -0.05) is 32.4 Å². The summed E-state index contributed by atoms with van der Waals surface area (Å²) in [7, 11) is -3.90. The fourth-order valence-corrected chi connectivity index (χ4v) is 8.85. The minimum absolute atomic E-state index is 0.0260. The molecular weight excluding hydrogens is 678 g/mol. The molecule has 0 radical (unpaired) electrons. The van der Waals surface area contributed by atoms with Gasteiger partial charge in [0.25, 0.3) is 5.91 Å². The summed E-state index contributed by atoms with van der Waals surface area (Å²) in [6, 6.07) is 5.04. The number of fused-ring (bicyclic) bond motifs is 3. The molecule has 276 valence electrons. The number of hydrogen-bond acceptors (Lipinski definition) is 9. The smallest absolute Gasteiger partial charge is 0.405 e. The molecule has 4 aliphatic rings. The largest absolute Gasteiger partial charge is 0.494 e. The predicted octanol–water partition coefficient (Wildman–Crippen LogP) is 3.50. The van der Waals surface area contributed by atoms with Crippen LogP contribution in [0.15, 0.2) is 42.6 Å². The fraction of sp³-hybridized carbons (Fsp3) is 0.583. The topological polar surface area (TPSA) is 193 Å². The zero-order chi connectivity index (χ0) is 36.5. The van der Waals surface area contributed by atoms with Gasteiger partial charge in [0.05, 0.1) is 18.4 Å². The molecule has 0 unspecified atom stereocenters. The van der Waals surface area contributed by atoms with E-state index in [0.717, 1.165) is 11.8 Å². The maximum absolute atomic E-state index is 14.5. The molecule has 4 amide bonds. The summed E-state index contributed by atoms with van der Waals surface area (Å²) >= 11 is 0. The molecule has 0 spiro atoms. The maximum Gasteiger partial charge on any atom is 0.405 e. The average Bonchev–Trinajstić information content (AvgIpc) is 4.01. The summed E-state index contributed by atoms with van der Waals surface area (Å²) in [4.78, 5) is 60.3. The van der Waals surface area contributed by atoms with Crippen LogP contribution in [0.2, 0.25) is 0 Å². The highest BCUT2D eigenvalue weighted by molar-refractivity contribution is 7.91. The van der Waals surface area contributed by atoms with Crippen molar-refractivity contribution >= 4 is 44.6 Å². The summed E-state index contributed by atoms with van der Waals surface area (Å²) in [5.74, 6) is -1.70. The fourth-order valence-electron chi connectivity index (χ4n) is 7.49. The molecule has 6 rings (SSSR count). The van der Waals surface area contributed by atoms with E-state index in [-0.39, 0.29) is 31.2 Å². The first-order valence-corrected chi connectivity index (χ1v) is 19.4. The molecule has 2 saturated carbocycles. The minimum atomic E-state index is -3.90. The van der Waals surface area contributed by atoms with Crippen LogP contribution >= 0.6 is 0 Å². The lowest BCUT2D eigenvalue weighted by molar-refractivity contribution is -0.142. The van der Waals surface area contributed by atoms with Gasteiger partial charge in [-0.3, -0.25) is 19.1 Å². The average molecular weight is 726 g/mol. The number of benzene rings is 1. The van der Waals surface area contributed by atoms with Crippen LogP contribution in [-0.2, 0) is 24.4 Å². The molecule has 3 heterocycles. The molecule has 0 bridgehead atoms. The lowest BCUT2D eigenvalue weighted by atomic mass is 9.85. The second kappa shape index (κ2) is 14.7. The second-order valence-corrected chi connectivity index (χ2v) is 16.3. The zero-order valence-corrected chi connectivity index (χ0v) is 30.0. The molecule has 51 heavy (non-hydrogen) atoms. The minimum Gasteiger partial charge on any atom is -0.494 e. The molecule has 2 aliphatic heterocycles. The van der Waals surface area contributed by atoms with Crippen LogP contribution in [0.4, 0.5) is 4.79 Å². The molecule has 15 heteroatoms. The van der Waals surface area contributed by atoms with E-state index in [1.165, 1.54) is 4.90 Å². The number of amides is 4. The molecule has 2 aromatic rings. The third-order valence-corrected chi connectivity index (χ3v) is 12.4. The third-order valence-electron chi connectivity index (χ3n) is 10.5. The Morgan fingerprint density at radius 1 is 1.14 bits per heavy atom. The maximum atomic E-state index is 14.5. The first-order valence-electron chi connectivity index (χ1n) is 17.9. The van der Waals surface area contributed by atoms with Crippen molar-refractivity contribution in [2.24, 2.45) is 17.8 Å². The second-order valence-electron chi connectivity index (χ2n) is 14.3. The van der Waals surface area contributed by atoms with Crippen LogP contribution in [0.5, 0.6) is 11.6 Å². The molecule has 14 nitrogen and oxygen atoms in total. The van der Waals surface area contributed by atoms with Gasteiger partial charge in [0.2, 0.25) is 27.7 Å². The van der Waals surface area contributed by atoms with E-state index in [9.17, 15) is 32.7 Å². The van der Waals surface area contributed by atoms with Gasteiger partial charge in [-0.05, 0) is 86.9 Å². The number of carboxylic acid groups (broad SMARTS) is 1. The van der Waals surface area contributed by atoms with E-state index in [1.54, 1.807) is 12.3 Å². The molecule has 3 fully saturated rings. The first-order chi connectivity index (χ1) is 24.3. The molecule has 1 saturated heterocycles. The quantitative estimate of drug-likeness (QED) is 0.278. The highest BCUT2D eigenvalue weighted by atomic mass is 32.2. The van der Waals surface area contributed by atoms with E-state index >= 15 is 0 Å². The van der Waals surface area contributed by atoms with Crippen molar-refractivity contribution in [2.75, 3.05) is 13.2 Å². The summed E-state index contributed by atoms with van der Waals surface area (Å²) in [6.07, 6.45) is 6.98. The van der Waals surface area contributed by atoms with Crippen LogP contribution in [0, 0.1) is 17.8 Å². The first kappa shape index (κ1) is 36.4. The number of nitrogens with one attached hydrogen (secondary N) is 3. The Labute approximate surface area is 297 Å². The predicted molar refractivity (Wildman–Crippen MR) is 187 cm³/mol. The Hall–Kier alpha value is -4.40. The number of sulfonamides is 1. The standard InChI is InChI=1S/C36H47N5O9S/c1-4-22-16-21(3)8-6-7-9-24-19-36(24,34(44)40-51(47,48)27-11-12-27)39-31(42)29-18-26(20-41(29)33(43)30(22)38-35(45)46)50-32-28-13-10-25(49-5-2)17-23(28)14-15-37-32/h7,9-10,13-15,17,21-22,24,26-27,29-30,38H,4-6,8,11-12,16,18-20H2,1-3H3,(H,39,42)(H,40,44)(H,45,46)/b9-7-/t21-,22-,24-,26-,29+,30+,36-/m1/s1. The van der Waals surface area contributed by atoms with Crippen LogP contribution in [0.25, 0.3) is 10.8 Å². The van der Waals surface area contributed by atoms with Crippen LogP contribution in [0.1, 0.15) is 72.1 Å². The van der Waals surface area contributed by atoms with E-state index in [2.05, 4.69) is 27.3 Å². The number of carbonyl (C=O) groups excluding carboxylic acids is 3. The van der Waals surface area contributed by atoms with Crippen molar-refractivity contribution in [3.63, 3.8) is 0 Å². The van der Waals surface area contributed by atoms with E-state index in [4.69, 9.17) is 9.47 Å². The SMILES string of the molecule is CCOc1ccc2c(O[C@@H]3C[C@H]4C(=O)N[C@]5(C(=O)NS(=O)(=O)C6CC6)C[C@H]5/C=C\CC[C@@H](C)C[C@@H](CC)[C@H](NC(=O)O)C(=O)N4C3)nccc2c1. The zero-order valence-electron chi connectivity index (χ0n) is 29.2. The Bertz CT molecular complexity index is 1810. The monoisotopic (exact) mass is 725 g/mol. The summed E-state index contributed by atoms with van der Waals surface area (Å²) in [6.45, 7) is 6.31. The van der Waals surface area contributed by atoms with Gasteiger partial charge in [-0.2, -0.15) is 0 Å². The van der Waals surface area contributed by atoms with E-state index in [1.807, 2.05) is 44.2 Å². The number of pyridine rings is 1. The van der Waals surface area contributed by atoms with Gasteiger partial charge in [0.15, 0.2) is 0 Å². The molecule has 1 aromatic heterocycles. The number of allylic oxidation sites excluding steroid dienone is 1. The number of carbonyl (C=O) groups is 4. The molecular formula is C36H47N5O9S. The van der Waals surface area contributed by atoms with Crippen LogP contribution in [0.3, 0.4) is 0 Å². The van der Waals surface area contributed by atoms with Crippen molar-refractivity contribution in [3.8, 4) is 11.6 Å². The third kappa shape index (κ3) is 7.92. The number of ether oxygens (including phenoxy) is 2. The van der Waals surface area contributed by atoms with Crippen molar-refractivity contribution < 1.29 is 42.2 Å². The summed E-state index contributed by atoms with van der Waals surface area (Å²) in [5, 5.41) is 16.0. The normalized spacial score (nSPS) is 30.5. The number of hydrogen-bond donors (Lipinski definition) is 4.